The maximum absolute atomic E-state index is 11.9. The van der Waals surface area contributed by atoms with Crippen LogP contribution in [0.5, 0.6) is 11.5 Å². The van der Waals surface area contributed by atoms with Gasteiger partial charge in [-0.25, -0.2) is 0 Å². The van der Waals surface area contributed by atoms with Crippen LogP contribution in [-0.2, 0) is 4.79 Å². The standard InChI is InChI=1S/C22H27NO4/c1-5-7-21(25)23-18-10-11-20(19(14-18)17(4)24)26-12-13-27-22-15(2)8-6-9-16(22)3/h6,8-11,14H,5,7,12-13H2,1-4H3,(H,23,25). The van der Waals surface area contributed by atoms with Gasteiger partial charge in [0.1, 0.15) is 24.7 Å². The van der Waals surface area contributed by atoms with Crippen LogP contribution in [0.3, 0.4) is 0 Å². The molecular formula is C22H27NO4. The van der Waals surface area contributed by atoms with E-state index in [0.29, 0.717) is 36.6 Å². The van der Waals surface area contributed by atoms with Gasteiger partial charge in [-0.1, -0.05) is 25.1 Å². The molecule has 0 heterocycles. The van der Waals surface area contributed by atoms with E-state index in [0.717, 1.165) is 23.3 Å². The number of benzene rings is 2. The molecule has 1 N–H and O–H groups in total. The molecule has 5 heteroatoms. The van der Waals surface area contributed by atoms with Crippen molar-refractivity contribution in [2.45, 2.75) is 40.5 Å². The number of anilines is 1. The topological polar surface area (TPSA) is 64.6 Å². The summed E-state index contributed by atoms with van der Waals surface area (Å²) < 4.78 is 11.6. The van der Waals surface area contributed by atoms with Crippen molar-refractivity contribution in [3.63, 3.8) is 0 Å². The van der Waals surface area contributed by atoms with Crippen LogP contribution in [-0.4, -0.2) is 24.9 Å². The summed E-state index contributed by atoms with van der Waals surface area (Å²) in [6.45, 7) is 8.11. The zero-order valence-electron chi connectivity index (χ0n) is 16.4. The van der Waals surface area contributed by atoms with E-state index in [2.05, 4.69) is 5.32 Å². The lowest BCUT2D eigenvalue weighted by Gasteiger charge is -2.14. The summed E-state index contributed by atoms with van der Waals surface area (Å²) in [5.41, 5.74) is 3.19. The minimum absolute atomic E-state index is 0.0670. The first-order chi connectivity index (χ1) is 12.9. The van der Waals surface area contributed by atoms with Gasteiger partial charge in [-0.2, -0.15) is 0 Å². The Labute approximate surface area is 160 Å². The second-order valence-electron chi connectivity index (χ2n) is 6.48. The molecule has 144 valence electrons. The SMILES string of the molecule is CCCC(=O)Nc1ccc(OCCOc2c(C)cccc2C)c(C(C)=O)c1. The van der Waals surface area contributed by atoms with E-state index in [1.54, 1.807) is 18.2 Å². The normalized spacial score (nSPS) is 10.4. The number of nitrogens with one attached hydrogen (secondary N) is 1. The third-order valence-electron chi connectivity index (χ3n) is 4.12. The Bertz CT molecular complexity index is 794. The lowest BCUT2D eigenvalue weighted by Crippen LogP contribution is -2.13. The summed E-state index contributed by atoms with van der Waals surface area (Å²) >= 11 is 0. The fourth-order valence-electron chi connectivity index (χ4n) is 2.78. The zero-order valence-corrected chi connectivity index (χ0v) is 16.4. The van der Waals surface area contributed by atoms with Gasteiger partial charge in [0, 0.05) is 12.1 Å². The molecule has 2 rings (SSSR count). The summed E-state index contributed by atoms with van der Waals surface area (Å²) in [4.78, 5) is 23.7. The predicted octanol–water partition coefficient (Wildman–Crippen LogP) is 4.70. The minimum Gasteiger partial charge on any atom is -0.489 e. The smallest absolute Gasteiger partial charge is 0.224 e. The highest BCUT2D eigenvalue weighted by Gasteiger charge is 2.12. The molecule has 2 aromatic carbocycles. The van der Waals surface area contributed by atoms with E-state index in [9.17, 15) is 9.59 Å². The monoisotopic (exact) mass is 369 g/mol. The minimum atomic E-state index is -0.118. The first-order valence-corrected chi connectivity index (χ1v) is 9.19. The number of rotatable bonds is 9. The summed E-state index contributed by atoms with van der Waals surface area (Å²) in [7, 11) is 0. The number of hydrogen-bond donors (Lipinski definition) is 1. The van der Waals surface area contributed by atoms with Gasteiger partial charge in [-0.15, -0.1) is 0 Å². The third kappa shape index (κ3) is 5.84. The molecular weight excluding hydrogens is 342 g/mol. The lowest BCUT2D eigenvalue weighted by molar-refractivity contribution is -0.116. The Morgan fingerprint density at radius 2 is 1.67 bits per heavy atom. The molecule has 0 bridgehead atoms. The number of hydrogen-bond acceptors (Lipinski definition) is 4. The van der Waals surface area contributed by atoms with Gasteiger partial charge in [0.25, 0.3) is 0 Å². The molecule has 0 atom stereocenters. The first-order valence-electron chi connectivity index (χ1n) is 9.19. The van der Waals surface area contributed by atoms with E-state index in [-0.39, 0.29) is 11.7 Å². The number of aryl methyl sites for hydroxylation is 2. The van der Waals surface area contributed by atoms with E-state index in [1.165, 1.54) is 6.92 Å². The Morgan fingerprint density at radius 3 is 2.30 bits per heavy atom. The predicted molar refractivity (Wildman–Crippen MR) is 107 cm³/mol. The van der Waals surface area contributed by atoms with Crippen molar-refractivity contribution in [2.75, 3.05) is 18.5 Å². The zero-order chi connectivity index (χ0) is 19.8. The van der Waals surface area contributed by atoms with Crippen LogP contribution in [0.25, 0.3) is 0 Å². The lowest BCUT2D eigenvalue weighted by atomic mass is 10.1. The molecule has 0 spiro atoms. The largest absolute Gasteiger partial charge is 0.489 e. The second kappa shape index (κ2) is 9.76. The van der Waals surface area contributed by atoms with E-state index < -0.39 is 0 Å². The van der Waals surface area contributed by atoms with Crippen molar-refractivity contribution < 1.29 is 19.1 Å². The van der Waals surface area contributed by atoms with Crippen LogP contribution in [0, 0.1) is 13.8 Å². The number of amides is 1. The molecule has 0 aliphatic carbocycles. The average Bonchev–Trinajstić information content (AvgIpc) is 2.61. The molecule has 0 fully saturated rings. The summed E-state index contributed by atoms with van der Waals surface area (Å²) in [6.07, 6.45) is 1.22. The van der Waals surface area contributed by atoms with E-state index in [4.69, 9.17) is 9.47 Å². The van der Waals surface area contributed by atoms with Crippen LogP contribution < -0.4 is 14.8 Å². The molecule has 0 aromatic heterocycles. The molecule has 0 unspecified atom stereocenters. The van der Waals surface area contributed by atoms with Crippen molar-refractivity contribution in [1.82, 2.24) is 0 Å². The van der Waals surface area contributed by atoms with Crippen LogP contribution in [0.2, 0.25) is 0 Å². The van der Waals surface area contributed by atoms with Gasteiger partial charge in [0.15, 0.2) is 5.78 Å². The van der Waals surface area contributed by atoms with Crippen LogP contribution in [0.4, 0.5) is 5.69 Å². The number of Topliss-reactive ketones (excluding diaryl/α,β-unsaturated/α-hetero) is 1. The molecule has 0 aliphatic heterocycles. The highest BCUT2D eigenvalue weighted by Crippen LogP contribution is 2.25. The summed E-state index contributed by atoms with van der Waals surface area (Å²) in [6, 6.07) is 11.1. The van der Waals surface area contributed by atoms with Crippen LogP contribution in [0.15, 0.2) is 36.4 Å². The van der Waals surface area contributed by atoms with Gasteiger partial charge in [-0.05, 0) is 56.5 Å². The van der Waals surface area contributed by atoms with Gasteiger partial charge in [-0.3, -0.25) is 9.59 Å². The Balaban J connectivity index is 1.99. The number of carbonyl (C=O) groups excluding carboxylic acids is 2. The van der Waals surface area contributed by atoms with Crippen molar-refractivity contribution >= 4 is 17.4 Å². The Morgan fingerprint density at radius 1 is 1.00 bits per heavy atom. The molecule has 0 radical (unpaired) electrons. The highest BCUT2D eigenvalue weighted by molar-refractivity contribution is 5.99. The Hall–Kier alpha value is -2.82. The number of para-hydroxylation sites is 1. The number of ketones is 1. The molecule has 5 nitrogen and oxygen atoms in total. The maximum atomic E-state index is 11.9. The maximum Gasteiger partial charge on any atom is 0.224 e. The summed E-state index contributed by atoms with van der Waals surface area (Å²) in [5.74, 6) is 1.16. The van der Waals surface area contributed by atoms with Crippen LogP contribution >= 0.6 is 0 Å². The van der Waals surface area contributed by atoms with Crippen molar-refractivity contribution in [3.05, 3.63) is 53.1 Å². The first kappa shape index (κ1) is 20.5. The molecule has 0 saturated carbocycles. The molecule has 27 heavy (non-hydrogen) atoms. The van der Waals surface area contributed by atoms with Crippen molar-refractivity contribution in [3.8, 4) is 11.5 Å². The fraction of sp³-hybridized carbons (Fsp3) is 0.364. The summed E-state index contributed by atoms with van der Waals surface area (Å²) in [5, 5.41) is 2.80. The van der Waals surface area contributed by atoms with Gasteiger partial charge in [0.05, 0.1) is 5.56 Å². The Kier molecular flexibility index (Phi) is 7.41. The quantitative estimate of drug-likeness (QED) is 0.514. The number of ether oxygens (including phenoxy) is 2. The van der Waals surface area contributed by atoms with Crippen molar-refractivity contribution in [2.24, 2.45) is 0 Å². The van der Waals surface area contributed by atoms with E-state index in [1.807, 2.05) is 39.0 Å². The van der Waals surface area contributed by atoms with Gasteiger partial charge < -0.3 is 14.8 Å². The molecule has 2 aromatic rings. The fourth-order valence-corrected chi connectivity index (χ4v) is 2.78. The second-order valence-corrected chi connectivity index (χ2v) is 6.48. The van der Waals surface area contributed by atoms with E-state index >= 15 is 0 Å². The molecule has 0 saturated heterocycles. The molecule has 1 amide bonds. The average molecular weight is 369 g/mol. The van der Waals surface area contributed by atoms with Crippen LogP contribution in [0.1, 0.15) is 48.2 Å². The third-order valence-corrected chi connectivity index (χ3v) is 4.12. The van der Waals surface area contributed by atoms with Gasteiger partial charge >= 0.3 is 0 Å². The van der Waals surface area contributed by atoms with Crippen molar-refractivity contribution in [1.29, 1.82) is 0 Å². The highest BCUT2D eigenvalue weighted by atomic mass is 16.5. The molecule has 0 aliphatic rings. The number of carbonyl (C=O) groups is 2. The van der Waals surface area contributed by atoms with Gasteiger partial charge in [0.2, 0.25) is 5.91 Å².